The van der Waals surface area contributed by atoms with Crippen LogP contribution >= 0.6 is 0 Å². The third-order valence-electron chi connectivity index (χ3n) is 3.96. The van der Waals surface area contributed by atoms with Crippen molar-refractivity contribution >= 4 is 17.5 Å². The molecule has 2 N–H and O–H groups in total. The normalized spacial score (nSPS) is 11.6. The fraction of sp³-hybridized carbons (Fsp3) is 0.300. The van der Waals surface area contributed by atoms with Crippen molar-refractivity contribution in [2.45, 2.75) is 25.9 Å². The lowest BCUT2D eigenvalue weighted by molar-refractivity contribution is 0.0909. The van der Waals surface area contributed by atoms with Gasteiger partial charge in [-0.05, 0) is 42.8 Å². The van der Waals surface area contributed by atoms with Crippen molar-refractivity contribution in [3.63, 3.8) is 0 Å². The van der Waals surface area contributed by atoms with E-state index in [9.17, 15) is 14.7 Å². The number of nitrogens with one attached hydrogen (secondary N) is 1. The SMILES string of the molecule is CCCC(O)CNC(=O)c1ccc(C(=O)N(C)c2ccccc2)cc1. The van der Waals surface area contributed by atoms with Gasteiger partial charge in [0.2, 0.25) is 0 Å². The van der Waals surface area contributed by atoms with E-state index < -0.39 is 6.10 Å². The molecule has 0 aliphatic carbocycles. The van der Waals surface area contributed by atoms with E-state index in [4.69, 9.17) is 0 Å². The maximum Gasteiger partial charge on any atom is 0.258 e. The molecule has 5 heteroatoms. The number of amides is 2. The molecule has 5 nitrogen and oxygen atoms in total. The first kappa shape index (κ1) is 18.7. The molecule has 0 heterocycles. The Morgan fingerprint density at radius 2 is 1.64 bits per heavy atom. The van der Waals surface area contributed by atoms with Gasteiger partial charge >= 0.3 is 0 Å². The number of nitrogens with zero attached hydrogens (tertiary/aromatic N) is 1. The fourth-order valence-corrected chi connectivity index (χ4v) is 2.47. The minimum absolute atomic E-state index is 0.142. The number of hydrogen-bond acceptors (Lipinski definition) is 3. The molecule has 0 saturated heterocycles. The molecule has 0 bridgehead atoms. The van der Waals surface area contributed by atoms with Crippen LogP contribution in [0, 0.1) is 0 Å². The zero-order valence-electron chi connectivity index (χ0n) is 14.6. The molecule has 2 amide bonds. The number of carbonyl (C=O) groups is 2. The molecule has 25 heavy (non-hydrogen) atoms. The van der Waals surface area contributed by atoms with E-state index in [0.717, 1.165) is 12.1 Å². The van der Waals surface area contributed by atoms with E-state index in [0.29, 0.717) is 17.5 Å². The van der Waals surface area contributed by atoms with Gasteiger partial charge in [-0.25, -0.2) is 0 Å². The highest BCUT2D eigenvalue weighted by molar-refractivity contribution is 6.06. The highest BCUT2D eigenvalue weighted by Crippen LogP contribution is 2.15. The number of para-hydroxylation sites is 1. The number of anilines is 1. The Labute approximate surface area is 148 Å². The van der Waals surface area contributed by atoms with E-state index in [1.807, 2.05) is 37.3 Å². The number of aliphatic hydroxyl groups is 1. The monoisotopic (exact) mass is 340 g/mol. The van der Waals surface area contributed by atoms with Gasteiger partial charge in [-0.2, -0.15) is 0 Å². The van der Waals surface area contributed by atoms with Gasteiger partial charge in [-0.15, -0.1) is 0 Å². The molecule has 2 aromatic rings. The molecule has 132 valence electrons. The van der Waals surface area contributed by atoms with Crippen LogP contribution in [0.15, 0.2) is 54.6 Å². The maximum atomic E-state index is 12.5. The number of carbonyl (C=O) groups excluding carboxylic acids is 2. The second kappa shape index (κ2) is 8.99. The summed E-state index contributed by atoms with van der Waals surface area (Å²) in [5.74, 6) is -0.401. The Balaban J connectivity index is 1.99. The lowest BCUT2D eigenvalue weighted by Crippen LogP contribution is -2.32. The largest absolute Gasteiger partial charge is 0.391 e. The molecule has 0 aromatic heterocycles. The summed E-state index contributed by atoms with van der Waals surface area (Å²) in [6, 6.07) is 15.9. The van der Waals surface area contributed by atoms with Crippen LogP contribution in [0.25, 0.3) is 0 Å². The zero-order chi connectivity index (χ0) is 18.2. The van der Waals surface area contributed by atoms with E-state index in [1.54, 1.807) is 36.2 Å². The minimum atomic E-state index is -0.533. The van der Waals surface area contributed by atoms with Crippen molar-refractivity contribution in [1.29, 1.82) is 0 Å². The molecule has 0 fully saturated rings. The van der Waals surface area contributed by atoms with Crippen molar-refractivity contribution in [3.8, 4) is 0 Å². The molecule has 2 rings (SSSR count). The predicted molar refractivity (Wildman–Crippen MR) is 98.9 cm³/mol. The number of hydrogen-bond donors (Lipinski definition) is 2. The summed E-state index contributed by atoms with van der Waals surface area (Å²) in [7, 11) is 1.72. The molecule has 0 aliphatic rings. The van der Waals surface area contributed by atoms with Crippen LogP contribution in [0.2, 0.25) is 0 Å². The third-order valence-corrected chi connectivity index (χ3v) is 3.96. The first-order chi connectivity index (χ1) is 12.0. The predicted octanol–water partition coefficient (Wildman–Crippen LogP) is 2.85. The Hall–Kier alpha value is -2.66. The molecule has 1 unspecified atom stereocenters. The summed E-state index contributed by atoms with van der Waals surface area (Å²) in [5.41, 5.74) is 1.77. The van der Waals surface area contributed by atoms with Crippen LogP contribution in [0.4, 0.5) is 5.69 Å². The third kappa shape index (κ3) is 5.16. The molecule has 0 radical (unpaired) electrons. The lowest BCUT2D eigenvalue weighted by atomic mass is 10.1. The Morgan fingerprint density at radius 1 is 1.04 bits per heavy atom. The molecule has 2 aromatic carbocycles. The summed E-state index contributed by atoms with van der Waals surface area (Å²) in [4.78, 5) is 26.1. The van der Waals surface area contributed by atoms with Crippen molar-refractivity contribution in [2.24, 2.45) is 0 Å². The van der Waals surface area contributed by atoms with Gasteiger partial charge in [0.05, 0.1) is 6.10 Å². The van der Waals surface area contributed by atoms with Crippen LogP contribution in [0.1, 0.15) is 40.5 Å². The highest BCUT2D eigenvalue weighted by Gasteiger charge is 2.14. The van der Waals surface area contributed by atoms with Crippen LogP contribution in [-0.2, 0) is 0 Å². The molecular formula is C20H24N2O3. The quantitative estimate of drug-likeness (QED) is 0.814. The van der Waals surface area contributed by atoms with Crippen LogP contribution in [0.5, 0.6) is 0 Å². The summed E-state index contributed by atoms with van der Waals surface area (Å²) < 4.78 is 0. The number of rotatable bonds is 7. The average Bonchev–Trinajstić information content (AvgIpc) is 2.66. The molecule has 0 saturated carbocycles. The van der Waals surface area contributed by atoms with E-state index in [-0.39, 0.29) is 18.4 Å². The second-order valence-electron chi connectivity index (χ2n) is 5.93. The second-order valence-corrected chi connectivity index (χ2v) is 5.93. The van der Waals surface area contributed by atoms with Crippen molar-refractivity contribution in [3.05, 3.63) is 65.7 Å². The van der Waals surface area contributed by atoms with Crippen molar-refractivity contribution in [1.82, 2.24) is 5.32 Å². The molecule has 1 atom stereocenters. The number of benzene rings is 2. The van der Waals surface area contributed by atoms with Gasteiger partial charge in [-0.1, -0.05) is 31.5 Å². The molecule has 0 aliphatic heterocycles. The lowest BCUT2D eigenvalue weighted by Gasteiger charge is -2.17. The van der Waals surface area contributed by atoms with E-state index >= 15 is 0 Å². The molecular weight excluding hydrogens is 316 g/mol. The Morgan fingerprint density at radius 3 is 2.24 bits per heavy atom. The first-order valence-corrected chi connectivity index (χ1v) is 8.42. The van der Waals surface area contributed by atoms with Gasteiger partial charge in [0.15, 0.2) is 0 Å². The van der Waals surface area contributed by atoms with Gasteiger partial charge in [0.25, 0.3) is 11.8 Å². The summed E-state index contributed by atoms with van der Waals surface area (Å²) >= 11 is 0. The summed E-state index contributed by atoms with van der Waals surface area (Å²) in [6.45, 7) is 2.21. The summed E-state index contributed by atoms with van der Waals surface area (Å²) in [5, 5.41) is 12.4. The van der Waals surface area contributed by atoms with E-state index in [1.165, 1.54) is 0 Å². The van der Waals surface area contributed by atoms with Crippen LogP contribution in [0.3, 0.4) is 0 Å². The van der Waals surface area contributed by atoms with Gasteiger partial charge < -0.3 is 15.3 Å². The van der Waals surface area contributed by atoms with Gasteiger partial charge in [-0.3, -0.25) is 9.59 Å². The maximum absolute atomic E-state index is 12.5. The van der Waals surface area contributed by atoms with Gasteiger partial charge in [0, 0.05) is 30.4 Å². The van der Waals surface area contributed by atoms with Crippen LogP contribution in [-0.4, -0.2) is 36.6 Å². The average molecular weight is 340 g/mol. The summed E-state index contributed by atoms with van der Waals surface area (Å²) in [6.07, 6.45) is 0.983. The highest BCUT2D eigenvalue weighted by atomic mass is 16.3. The fourth-order valence-electron chi connectivity index (χ4n) is 2.47. The topological polar surface area (TPSA) is 69.6 Å². The smallest absolute Gasteiger partial charge is 0.258 e. The standard InChI is InChI=1S/C20H24N2O3/c1-3-7-18(23)14-21-19(24)15-10-12-16(13-11-15)20(25)22(2)17-8-5-4-6-9-17/h4-6,8-13,18,23H,3,7,14H2,1-2H3,(H,21,24). The number of aliphatic hydroxyl groups excluding tert-OH is 1. The van der Waals surface area contributed by atoms with E-state index in [2.05, 4.69) is 5.32 Å². The van der Waals surface area contributed by atoms with Crippen molar-refractivity contribution < 1.29 is 14.7 Å². The van der Waals surface area contributed by atoms with Crippen LogP contribution < -0.4 is 10.2 Å². The first-order valence-electron chi connectivity index (χ1n) is 8.42. The Bertz CT molecular complexity index is 699. The molecule has 0 spiro atoms. The zero-order valence-corrected chi connectivity index (χ0v) is 14.6. The van der Waals surface area contributed by atoms with Gasteiger partial charge in [0.1, 0.15) is 0 Å². The Kier molecular flexibility index (Phi) is 6.71. The van der Waals surface area contributed by atoms with Crippen molar-refractivity contribution in [2.75, 3.05) is 18.5 Å². The minimum Gasteiger partial charge on any atom is -0.391 e.